The van der Waals surface area contributed by atoms with Gasteiger partial charge in [0.2, 0.25) is 0 Å². The van der Waals surface area contributed by atoms with Crippen molar-refractivity contribution in [2.75, 3.05) is 7.05 Å². The van der Waals surface area contributed by atoms with Gasteiger partial charge in [0.15, 0.2) is 0 Å². The van der Waals surface area contributed by atoms with Crippen LogP contribution in [-0.4, -0.2) is 7.05 Å². The minimum Gasteiger partial charge on any atom is -0.309 e. The highest BCUT2D eigenvalue weighted by molar-refractivity contribution is 14.1. The van der Waals surface area contributed by atoms with E-state index in [1.165, 1.54) is 12.1 Å². The Kier molecular flexibility index (Phi) is 4.59. The topological polar surface area (TPSA) is 12.0 Å². The Morgan fingerprint density at radius 1 is 1.17 bits per heavy atom. The van der Waals surface area contributed by atoms with E-state index in [4.69, 9.17) is 11.6 Å². The molecule has 18 heavy (non-hydrogen) atoms. The second-order valence-corrected chi connectivity index (χ2v) is 5.59. The molecule has 0 spiro atoms. The number of benzene rings is 2. The molecule has 0 radical (unpaired) electrons. The highest BCUT2D eigenvalue weighted by Gasteiger charge is 2.15. The summed E-state index contributed by atoms with van der Waals surface area (Å²) in [6.45, 7) is 0. The summed E-state index contributed by atoms with van der Waals surface area (Å²) in [4.78, 5) is 0. The van der Waals surface area contributed by atoms with Gasteiger partial charge in [-0.25, -0.2) is 4.39 Å². The largest absolute Gasteiger partial charge is 0.309 e. The number of halogens is 3. The molecular formula is C14H12ClFIN. The molecule has 0 heterocycles. The molecule has 1 nitrogen and oxygen atoms in total. The summed E-state index contributed by atoms with van der Waals surface area (Å²) in [7, 11) is 1.84. The second-order valence-electron chi connectivity index (χ2n) is 3.94. The third-order valence-corrected chi connectivity index (χ3v) is 3.82. The smallest absolute Gasteiger partial charge is 0.123 e. The number of rotatable bonds is 3. The quantitative estimate of drug-likeness (QED) is 0.785. The minimum absolute atomic E-state index is 0.106. The van der Waals surface area contributed by atoms with Crippen LogP contribution in [0.2, 0.25) is 5.02 Å². The van der Waals surface area contributed by atoms with Gasteiger partial charge in [0, 0.05) is 8.59 Å². The first kappa shape index (κ1) is 13.8. The van der Waals surface area contributed by atoms with Crippen molar-refractivity contribution < 1.29 is 4.39 Å². The van der Waals surface area contributed by atoms with E-state index in [0.717, 1.165) is 14.7 Å². The zero-order chi connectivity index (χ0) is 13.1. The predicted octanol–water partition coefficient (Wildman–Crippen LogP) is 4.39. The van der Waals surface area contributed by atoms with E-state index >= 15 is 0 Å². The third-order valence-electron chi connectivity index (χ3n) is 2.76. The van der Waals surface area contributed by atoms with Crippen LogP contribution in [0.25, 0.3) is 0 Å². The summed E-state index contributed by atoms with van der Waals surface area (Å²) in [5.41, 5.74) is 1.81. The van der Waals surface area contributed by atoms with Gasteiger partial charge in [-0.15, -0.1) is 0 Å². The van der Waals surface area contributed by atoms with E-state index in [1.807, 2.05) is 31.3 Å². The summed E-state index contributed by atoms with van der Waals surface area (Å²) < 4.78 is 14.5. The van der Waals surface area contributed by atoms with Gasteiger partial charge >= 0.3 is 0 Å². The zero-order valence-corrected chi connectivity index (χ0v) is 12.7. The molecule has 0 aliphatic rings. The van der Waals surface area contributed by atoms with Crippen molar-refractivity contribution in [3.05, 3.63) is 68.0 Å². The summed E-state index contributed by atoms with van der Waals surface area (Å²) in [6.07, 6.45) is 0. The number of hydrogen-bond donors (Lipinski definition) is 1. The first-order valence-corrected chi connectivity index (χ1v) is 6.95. The van der Waals surface area contributed by atoms with Crippen LogP contribution < -0.4 is 5.32 Å². The lowest BCUT2D eigenvalue weighted by Gasteiger charge is -2.18. The zero-order valence-electron chi connectivity index (χ0n) is 9.75. The molecule has 1 atom stereocenters. The van der Waals surface area contributed by atoms with Gasteiger partial charge in [0.05, 0.1) is 6.04 Å². The molecule has 0 saturated heterocycles. The average molecular weight is 376 g/mol. The van der Waals surface area contributed by atoms with Gasteiger partial charge in [-0.05, 0) is 71.1 Å². The van der Waals surface area contributed by atoms with E-state index < -0.39 is 0 Å². The van der Waals surface area contributed by atoms with Gasteiger partial charge in [0.25, 0.3) is 0 Å². The van der Waals surface area contributed by atoms with Crippen molar-refractivity contribution in [3.63, 3.8) is 0 Å². The van der Waals surface area contributed by atoms with Crippen molar-refractivity contribution in [3.8, 4) is 0 Å². The van der Waals surface area contributed by atoms with E-state index in [9.17, 15) is 4.39 Å². The van der Waals surface area contributed by atoms with E-state index in [2.05, 4.69) is 27.9 Å². The number of hydrogen-bond acceptors (Lipinski definition) is 1. The lowest BCUT2D eigenvalue weighted by molar-refractivity contribution is 0.617. The standard InChI is InChI=1S/C14H12ClFIN/c1-18-14(9-2-5-11(17)6-3-9)12-8-10(16)4-7-13(12)15/h2-8,14,18H,1H3. The highest BCUT2D eigenvalue weighted by atomic mass is 127. The molecular weight excluding hydrogens is 364 g/mol. The Balaban J connectivity index is 2.44. The van der Waals surface area contributed by atoms with Crippen LogP contribution in [0.4, 0.5) is 4.39 Å². The molecule has 1 unspecified atom stereocenters. The summed E-state index contributed by atoms with van der Waals surface area (Å²) in [5.74, 6) is -0.278. The first-order chi connectivity index (χ1) is 8.61. The molecule has 2 aromatic carbocycles. The van der Waals surface area contributed by atoms with Gasteiger partial charge in [-0.2, -0.15) is 0 Å². The molecule has 2 rings (SSSR count). The highest BCUT2D eigenvalue weighted by Crippen LogP contribution is 2.29. The molecule has 0 aliphatic heterocycles. The van der Waals surface area contributed by atoms with Crippen LogP contribution in [0.5, 0.6) is 0 Å². The second kappa shape index (κ2) is 5.99. The molecule has 0 bridgehead atoms. The van der Waals surface area contributed by atoms with Crippen LogP contribution in [0.15, 0.2) is 42.5 Å². The van der Waals surface area contributed by atoms with Crippen molar-refractivity contribution in [2.24, 2.45) is 0 Å². The monoisotopic (exact) mass is 375 g/mol. The molecule has 2 aromatic rings. The van der Waals surface area contributed by atoms with E-state index in [1.54, 1.807) is 6.07 Å². The normalized spacial score (nSPS) is 12.4. The summed E-state index contributed by atoms with van der Waals surface area (Å²) in [6, 6.07) is 12.4. The van der Waals surface area contributed by atoms with Crippen LogP contribution in [0.1, 0.15) is 17.2 Å². The fourth-order valence-corrected chi connectivity index (χ4v) is 2.48. The van der Waals surface area contributed by atoms with E-state index in [0.29, 0.717) is 5.02 Å². The predicted molar refractivity (Wildman–Crippen MR) is 81.5 cm³/mol. The van der Waals surface area contributed by atoms with Crippen LogP contribution >= 0.6 is 34.2 Å². The summed E-state index contributed by atoms with van der Waals surface area (Å²) >= 11 is 8.39. The Bertz CT molecular complexity index is 542. The lowest BCUT2D eigenvalue weighted by atomic mass is 9.99. The average Bonchev–Trinajstić information content (AvgIpc) is 2.37. The Morgan fingerprint density at radius 3 is 2.44 bits per heavy atom. The van der Waals surface area contributed by atoms with Crippen LogP contribution in [0.3, 0.4) is 0 Å². The molecule has 0 amide bonds. The van der Waals surface area contributed by atoms with Gasteiger partial charge in [0.1, 0.15) is 5.82 Å². The SMILES string of the molecule is CNC(c1ccc(I)cc1)c1cc(F)ccc1Cl. The van der Waals surface area contributed by atoms with Crippen molar-refractivity contribution in [2.45, 2.75) is 6.04 Å². The molecule has 0 fully saturated rings. The van der Waals surface area contributed by atoms with Gasteiger partial charge in [-0.1, -0.05) is 23.7 Å². The van der Waals surface area contributed by atoms with Crippen molar-refractivity contribution >= 4 is 34.2 Å². The van der Waals surface area contributed by atoms with Gasteiger partial charge in [-0.3, -0.25) is 0 Å². The maximum absolute atomic E-state index is 13.3. The molecule has 4 heteroatoms. The maximum Gasteiger partial charge on any atom is 0.123 e. The molecule has 0 aliphatic carbocycles. The fraction of sp³-hybridized carbons (Fsp3) is 0.143. The molecule has 1 N–H and O–H groups in total. The summed E-state index contributed by atoms with van der Waals surface area (Å²) in [5, 5.41) is 3.73. The Hall–Kier alpha value is -0.650. The molecule has 94 valence electrons. The van der Waals surface area contributed by atoms with Crippen LogP contribution in [0, 0.1) is 9.39 Å². The molecule has 0 saturated carbocycles. The minimum atomic E-state index is -0.278. The fourth-order valence-electron chi connectivity index (χ4n) is 1.89. The van der Waals surface area contributed by atoms with Gasteiger partial charge < -0.3 is 5.32 Å². The first-order valence-electron chi connectivity index (χ1n) is 5.49. The maximum atomic E-state index is 13.3. The van der Waals surface area contributed by atoms with Crippen molar-refractivity contribution in [1.82, 2.24) is 5.32 Å². The van der Waals surface area contributed by atoms with Crippen molar-refractivity contribution in [1.29, 1.82) is 0 Å². The Morgan fingerprint density at radius 2 is 1.83 bits per heavy atom. The third kappa shape index (κ3) is 3.02. The van der Waals surface area contributed by atoms with E-state index in [-0.39, 0.29) is 11.9 Å². The van der Waals surface area contributed by atoms with Crippen LogP contribution in [-0.2, 0) is 0 Å². The Labute approximate surface area is 124 Å². The lowest BCUT2D eigenvalue weighted by Crippen LogP contribution is -2.18. The molecule has 0 aromatic heterocycles. The number of nitrogens with one attached hydrogen (secondary N) is 1.